The first-order chi connectivity index (χ1) is 28.6. The van der Waals surface area contributed by atoms with E-state index in [1.807, 2.05) is 21.1 Å². The molecular formula is C50H87NO7P+. The van der Waals surface area contributed by atoms with E-state index in [0.717, 1.165) is 116 Å². The number of carbonyl (C=O) groups excluding carboxylic acids is 1. The lowest BCUT2D eigenvalue weighted by atomic mass is 10.1. The second kappa shape index (κ2) is 42.1. The van der Waals surface area contributed by atoms with Crippen LogP contribution in [0.4, 0.5) is 0 Å². The minimum absolute atomic E-state index is 0.0757. The minimum Gasteiger partial charge on any atom is -0.457 e. The molecule has 0 radical (unpaired) electrons. The average Bonchev–Trinajstić information content (AvgIpc) is 3.19. The molecule has 0 aromatic carbocycles. The number of esters is 1. The van der Waals surface area contributed by atoms with E-state index in [2.05, 4.69) is 111 Å². The maximum atomic E-state index is 12.7. The fraction of sp³-hybridized carbons (Fsp3) is 0.660. The van der Waals surface area contributed by atoms with E-state index in [0.29, 0.717) is 24.1 Å². The summed E-state index contributed by atoms with van der Waals surface area (Å²) in [6, 6.07) is 0. The van der Waals surface area contributed by atoms with E-state index < -0.39 is 13.9 Å². The Morgan fingerprint density at radius 2 is 0.932 bits per heavy atom. The second-order valence-electron chi connectivity index (χ2n) is 16.0. The van der Waals surface area contributed by atoms with Gasteiger partial charge >= 0.3 is 13.8 Å². The van der Waals surface area contributed by atoms with Crippen LogP contribution in [-0.4, -0.2) is 75.6 Å². The molecule has 0 aliphatic rings. The van der Waals surface area contributed by atoms with Gasteiger partial charge in [-0.15, -0.1) is 0 Å². The van der Waals surface area contributed by atoms with E-state index in [4.69, 9.17) is 18.5 Å². The molecule has 0 aromatic rings. The molecule has 0 saturated heterocycles. The summed E-state index contributed by atoms with van der Waals surface area (Å²) in [6.45, 7) is 5.30. The summed E-state index contributed by atoms with van der Waals surface area (Å²) in [4.78, 5) is 22.9. The quantitative estimate of drug-likeness (QED) is 0.0215. The average molecular weight is 845 g/mol. The Morgan fingerprint density at radius 3 is 1.39 bits per heavy atom. The molecule has 0 saturated carbocycles. The Morgan fingerprint density at radius 1 is 0.525 bits per heavy atom. The van der Waals surface area contributed by atoms with Crippen molar-refractivity contribution in [1.82, 2.24) is 0 Å². The highest BCUT2D eigenvalue weighted by atomic mass is 31.2. The van der Waals surface area contributed by atoms with E-state index >= 15 is 0 Å². The molecule has 0 rings (SSSR count). The molecule has 0 bridgehead atoms. The fourth-order valence-electron chi connectivity index (χ4n) is 5.65. The zero-order valence-corrected chi connectivity index (χ0v) is 39.1. The minimum atomic E-state index is -4.29. The molecule has 2 atom stereocenters. The number of rotatable bonds is 41. The Kier molecular flexibility index (Phi) is 40.3. The van der Waals surface area contributed by atoms with Crippen molar-refractivity contribution in [2.75, 3.05) is 54.1 Å². The van der Waals surface area contributed by atoms with Crippen LogP contribution < -0.4 is 0 Å². The monoisotopic (exact) mass is 845 g/mol. The van der Waals surface area contributed by atoms with E-state index in [1.165, 1.54) is 19.3 Å². The third kappa shape index (κ3) is 46.3. The van der Waals surface area contributed by atoms with Gasteiger partial charge in [-0.1, -0.05) is 156 Å². The SMILES string of the molecule is CC/C=C\C/C=C\C/C=C\C/C=C\C/C=C\CCCCCCCCCC(=O)OC(COCCCCCC/C=C\C/C=C\C/C=C\CC)COP(=O)(O)OCC[N+](C)(C)C. The molecule has 0 amide bonds. The number of hydrogen-bond donors (Lipinski definition) is 1. The van der Waals surface area contributed by atoms with Gasteiger partial charge in [-0.25, -0.2) is 4.57 Å². The van der Waals surface area contributed by atoms with Crippen LogP contribution in [0.1, 0.15) is 155 Å². The lowest BCUT2D eigenvalue weighted by Gasteiger charge is -2.24. The highest BCUT2D eigenvalue weighted by Crippen LogP contribution is 2.43. The van der Waals surface area contributed by atoms with Crippen LogP contribution in [0, 0.1) is 0 Å². The summed E-state index contributed by atoms with van der Waals surface area (Å²) in [6.07, 6.45) is 57.3. The number of allylic oxidation sites excluding steroid dienone is 16. The number of likely N-dealkylation sites (N-methyl/N-ethyl adjacent to an activating group) is 1. The zero-order valence-electron chi connectivity index (χ0n) is 38.2. The first-order valence-corrected chi connectivity index (χ1v) is 24.5. The Balaban J connectivity index is 4.26. The number of phosphoric ester groups is 1. The summed E-state index contributed by atoms with van der Waals surface area (Å²) in [7, 11) is 1.62. The lowest BCUT2D eigenvalue weighted by molar-refractivity contribution is -0.870. The number of ether oxygens (including phenoxy) is 2. The van der Waals surface area contributed by atoms with Crippen molar-refractivity contribution in [3.05, 3.63) is 97.2 Å². The number of hydrogen-bond acceptors (Lipinski definition) is 6. The van der Waals surface area contributed by atoms with Gasteiger partial charge in [-0.2, -0.15) is 0 Å². The fourth-order valence-corrected chi connectivity index (χ4v) is 6.39. The summed E-state index contributed by atoms with van der Waals surface area (Å²) in [5.41, 5.74) is 0. The highest BCUT2D eigenvalue weighted by Gasteiger charge is 2.26. The standard InChI is InChI=1S/C50H86NO7P/c1-6-8-10-12-14-16-18-20-22-23-24-25-26-27-28-29-30-31-33-35-37-39-41-43-50(52)58-49(48-57-59(53,54)56-46-44-51(3,4)5)47-55-45-42-40-38-36-34-32-21-19-17-15-13-11-9-7-2/h8-11,14-17,20-22,24-25,27-28,32,49H,6-7,12-13,18-19,23,26,29-31,33-48H2,1-5H3/p+1/b10-8-,11-9-,16-14-,17-15-,22-20-,25-24-,28-27-,32-21-. The van der Waals surface area contributed by atoms with Crippen LogP contribution in [0.15, 0.2) is 97.2 Å². The van der Waals surface area contributed by atoms with Gasteiger partial charge in [-0.3, -0.25) is 13.8 Å². The van der Waals surface area contributed by atoms with Crippen LogP contribution in [0.3, 0.4) is 0 Å². The van der Waals surface area contributed by atoms with Crippen molar-refractivity contribution in [3.8, 4) is 0 Å². The van der Waals surface area contributed by atoms with Gasteiger partial charge in [0, 0.05) is 13.0 Å². The smallest absolute Gasteiger partial charge is 0.457 e. The molecule has 0 aliphatic heterocycles. The van der Waals surface area contributed by atoms with Gasteiger partial charge in [0.15, 0.2) is 0 Å². The molecule has 8 nitrogen and oxygen atoms in total. The first kappa shape index (κ1) is 56.4. The topological polar surface area (TPSA) is 91.3 Å². The lowest BCUT2D eigenvalue weighted by Crippen LogP contribution is -2.37. The van der Waals surface area contributed by atoms with Crippen molar-refractivity contribution >= 4 is 13.8 Å². The summed E-state index contributed by atoms with van der Waals surface area (Å²) in [5.74, 6) is -0.338. The van der Waals surface area contributed by atoms with E-state index in [1.54, 1.807) is 0 Å². The van der Waals surface area contributed by atoms with Crippen LogP contribution in [0.25, 0.3) is 0 Å². The maximum Gasteiger partial charge on any atom is 0.472 e. The maximum absolute atomic E-state index is 12.7. The number of phosphoric acid groups is 1. The van der Waals surface area contributed by atoms with E-state index in [-0.39, 0.29) is 25.8 Å². The third-order valence-electron chi connectivity index (χ3n) is 9.14. The van der Waals surface area contributed by atoms with Gasteiger partial charge in [-0.05, 0) is 89.9 Å². The van der Waals surface area contributed by atoms with Gasteiger partial charge in [0.2, 0.25) is 0 Å². The van der Waals surface area contributed by atoms with Crippen LogP contribution in [-0.2, 0) is 27.9 Å². The van der Waals surface area contributed by atoms with Crippen LogP contribution in [0.5, 0.6) is 0 Å². The summed E-state index contributed by atoms with van der Waals surface area (Å²) >= 11 is 0. The highest BCUT2D eigenvalue weighted by molar-refractivity contribution is 7.47. The molecule has 9 heteroatoms. The first-order valence-electron chi connectivity index (χ1n) is 23.0. The largest absolute Gasteiger partial charge is 0.472 e. The summed E-state index contributed by atoms with van der Waals surface area (Å²) in [5, 5.41) is 0. The van der Waals surface area contributed by atoms with Crippen LogP contribution in [0.2, 0.25) is 0 Å². The van der Waals surface area contributed by atoms with Gasteiger partial charge < -0.3 is 18.9 Å². The zero-order chi connectivity index (χ0) is 43.4. The number of quaternary nitrogens is 1. The molecule has 0 aliphatic carbocycles. The normalized spacial score (nSPS) is 14.6. The van der Waals surface area contributed by atoms with E-state index in [9.17, 15) is 14.3 Å². The molecular weight excluding hydrogens is 758 g/mol. The Labute approximate surface area is 362 Å². The third-order valence-corrected chi connectivity index (χ3v) is 10.1. The van der Waals surface area contributed by atoms with Crippen molar-refractivity contribution in [3.63, 3.8) is 0 Å². The van der Waals surface area contributed by atoms with Gasteiger partial charge in [0.25, 0.3) is 0 Å². The molecule has 0 spiro atoms. The Hall–Kier alpha value is -2.58. The van der Waals surface area contributed by atoms with Crippen LogP contribution >= 0.6 is 7.82 Å². The molecule has 2 unspecified atom stereocenters. The predicted molar refractivity (Wildman–Crippen MR) is 251 cm³/mol. The molecule has 59 heavy (non-hydrogen) atoms. The summed E-state index contributed by atoms with van der Waals surface area (Å²) < 4.78 is 35.0. The molecule has 1 N–H and O–H groups in total. The second-order valence-corrected chi connectivity index (χ2v) is 17.5. The van der Waals surface area contributed by atoms with Crippen molar-refractivity contribution < 1.29 is 37.3 Å². The molecule has 0 heterocycles. The number of nitrogens with zero attached hydrogens (tertiary/aromatic N) is 1. The van der Waals surface area contributed by atoms with Crippen molar-refractivity contribution in [1.29, 1.82) is 0 Å². The number of unbranched alkanes of at least 4 members (excludes halogenated alkanes) is 11. The number of carbonyl (C=O) groups is 1. The van der Waals surface area contributed by atoms with Gasteiger partial charge in [0.05, 0.1) is 34.4 Å². The molecule has 0 fully saturated rings. The molecule has 0 aromatic heterocycles. The van der Waals surface area contributed by atoms with Crippen molar-refractivity contribution in [2.24, 2.45) is 0 Å². The Bertz CT molecular complexity index is 1260. The van der Waals surface area contributed by atoms with Crippen molar-refractivity contribution in [2.45, 2.75) is 161 Å². The molecule has 338 valence electrons. The van der Waals surface area contributed by atoms with Gasteiger partial charge in [0.1, 0.15) is 19.3 Å². The predicted octanol–water partition coefficient (Wildman–Crippen LogP) is 13.8.